The topological polar surface area (TPSA) is 88.2 Å². The summed E-state index contributed by atoms with van der Waals surface area (Å²) in [5.74, 6) is 0.878. The summed E-state index contributed by atoms with van der Waals surface area (Å²) in [4.78, 5) is 18.9. The number of carbonyl (C=O) groups excluding carboxylic acids is 1. The molecule has 27 heavy (non-hydrogen) atoms. The largest absolute Gasteiger partial charge is 0.385 e. The minimum atomic E-state index is -0.550. The Hall–Kier alpha value is -2.19. The van der Waals surface area contributed by atoms with Crippen LogP contribution in [0.5, 0.6) is 0 Å². The fourth-order valence-electron chi connectivity index (χ4n) is 3.87. The molecule has 0 spiro atoms. The molecule has 0 saturated carbocycles. The zero-order chi connectivity index (χ0) is 19.6. The van der Waals surface area contributed by atoms with Gasteiger partial charge < -0.3 is 15.0 Å². The lowest BCUT2D eigenvalue weighted by Gasteiger charge is -2.33. The zero-order valence-corrected chi connectivity index (χ0v) is 16.6. The molecule has 8 heteroatoms. The van der Waals surface area contributed by atoms with E-state index >= 15 is 0 Å². The highest BCUT2D eigenvalue weighted by molar-refractivity contribution is 5.93. The number of carbonyl (C=O) groups is 1. The molecule has 0 aromatic carbocycles. The number of rotatable bonds is 6. The summed E-state index contributed by atoms with van der Waals surface area (Å²) in [7, 11) is 1.90. The SMILES string of the molecule is CCn1nc(C)c(NC(=O)CN2CCC(C(O)c3nccn3C)CC2)c1C. The Balaban J connectivity index is 1.51. The molecule has 3 heterocycles. The van der Waals surface area contributed by atoms with Crippen LogP contribution in [0.2, 0.25) is 0 Å². The summed E-state index contributed by atoms with van der Waals surface area (Å²) < 4.78 is 3.76. The van der Waals surface area contributed by atoms with Crippen LogP contribution in [0.25, 0.3) is 0 Å². The third-order valence-corrected chi connectivity index (χ3v) is 5.51. The van der Waals surface area contributed by atoms with Crippen molar-refractivity contribution in [2.24, 2.45) is 13.0 Å². The molecule has 1 fully saturated rings. The fourth-order valence-corrected chi connectivity index (χ4v) is 3.87. The van der Waals surface area contributed by atoms with Crippen LogP contribution in [0.1, 0.15) is 43.1 Å². The minimum Gasteiger partial charge on any atom is -0.385 e. The fraction of sp³-hybridized carbons (Fsp3) is 0.632. The van der Waals surface area contributed by atoms with Gasteiger partial charge in [-0.2, -0.15) is 5.10 Å². The van der Waals surface area contributed by atoms with Gasteiger partial charge in [0.15, 0.2) is 0 Å². The number of anilines is 1. The predicted molar refractivity (Wildman–Crippen MR) is 103 cm³/mol. The molecule has 1 aliphatic heterocycles. The highest BCUT2D eigenvalue weighted by Crippen LogP contribution is 2.29. The predicted octanol–water partition coefficient (Wildman–Crippen LogP) is 1.64. The van der Waals surface area contributed by atoms with Crippen LogP contribution in [-0.2, 0) is 18.4 Å². The number of hydrogen-bond acceptors (Lipinski definition) is 5. The second-order valence-corrected chi connectivity index (χ2v) is 7.36. The van der Waals surface area contributed by atoms with E-state index in [-0.39, 0.29) is 11.8 Å². The average molecular weight is 374 g/mol. The van der Waals surface area contributed by atoms with E-state index in [2.05, 4.69) is 20.3 Å². The van der Waals surface area contributed by atoms with E-state index in [1.807, 2.05) is 43.3 Å². The molecule has 2 aromatic heterocycles. The molecule has 0 bridgehead atoms. The molecular weight excluding hydrogens is 344 g/mol. The summed E-state index contributed by atoms with van der Waals surface area (Å²) >= 11 is 0. The van der Waals surface area contributed by atoms with Gasteiger partial charge in [0, 0.05) is 26.0 Å². The van der Waals surface area contributed by atoms with Crippen molar-refractivity contribution in [1.29, 1.82) is 0 Å². The number of aromatic nitrogens is 4. The van der Waals surface area contributed by atoms with Crippen LogP contribution >= 0.6 is 0 Å². The number of piperidine rings is 1. The normalized spacial score (nSPS) is 17.2. The van der Waals surface area contributed by atoms with Crippen LogP contribution in [0, 0.1) is 19.8 Å². The van der Waals surface area contributed by atoms with Crippen molar-refractivity contribution in [3.05, 3.63) is 29.6 Å². The van der Waals surface area contributed by atoms with E-state index in [1.54, 1.807) is 6.20 Å². The first-order chi connectivity index (χ1) is 12.9. The third kappa shape index (κ3) is 4.22. The van der Waals surface area contributed by atoms with Crippen LogP contribution in [0.4, 0.5) is 5.69 Å². The molecular formula is C19H30N6O2. The quantitative estimate of drug-likeness (QED) is 0.802. The van der Waals surface area contributed by atoms with E-state index in [1.165, 1.54) is 0 Å². The lowest BCUT2D eigenvalue weighted by Crippen LogP contribution is -2.40. The second kappa shape index (κ2) is 8.22. The minimum absolute atomic E-state index is 0.0139. The van der Waals surface area contributed by atoms with E-state index in [9.17, 15) is 9.90 Å². The van der Waals surface area contributed by atoms with Crippen molar-refractivity contribution in [2.75, 3.05) is 25.0 Å². The monoisotopic (exact) mass is 374 g/mol. The van der Waals surface area contributed by atoms with Gasteiger partial charge in [-0.15, -0.1) is 0 Å². The molecule has 2 N–H and O–H groups in total. The van der Waals surface area contributed by atoms with Crippen molar-refractivity contribution in [2.45, 2.75) is 46.3 Å². The highest BCUT2D eigenvalue weighted by atomic mass is 16.3. The van der Waals surface area contributed by atoms with E-state index < -0.39 is 6.10 Å². The number of aliphatic hydroxyl groups excluding tert-OH is 1. The number of hydrogen-bond donors (Lipinski definition) is 2. The first-order valence-electron chi connectivity index (χ1n) is 9.62. The maximum Gasteiger partial charge on any atom is 0.238 e. The zero-order valence-electron chi connectivity index (χ0n) is 16.6. The van der Waals surface area contributed by atoms with Gasteiger partial charge >= 0.3 is 0 Å². The number of amides is 1. The summed E-state index contributed by atoms with van der Waals surface area (Å²) in [6, 6.07) is 0. The van der Waals surface area contributed by atoms with Gasteiger partial charge in [0.2, 0.25) is 5.91 Å². The van der Waals surface area contributed by atoms with Crippen molar-refractivity contribution >= 4 is 11.6 Å². The smallest absolute Gasteiger partial charge is 0.238 e. The van der Waals surface area contributed by atoms with Crippen LogP contribution in [0.15, 0.2) is 12.4 Å². The van der Waals surface area contributed by atoms with Crippen molar-refractivity contribution in [3.63, 3.8) is 0 Å². The lowest BCUT2D eigenvalue weighted by atomic mass is 9.90. The molecule has 1 amide bonds. The first kappa shape index (κ1) is 19.6. The van der Waals surface area contributed by atoms with Gasteiger partial charge in [-0.3, -0.25) is 14.4 Å². The van der Waals surface area contributed by atoms with Crippen molar-refractivity contribution in [1.82, 2.24) is 24.2 Å². The van der Waals surface area contributed by atoms with Gasteiger partial charge in [0.25, 0.3) is 0 Å². The molecule has 1 aliphatic rings. The number of nitrogens with zero attached hydrogens (tertiary/aromatic N) is 5. The Morgan fingerprint density at radius 1 is 1.37 bits per heavy atom. The Kier molecular flexibility index (Phi) is 5.96. The average Bonchev–Trinajstić information content (AvgIpc) is 3.19. The van der Waals surface area contributed by atoms with Crippen molar-refractivity contribution in [3.8, 4) is 0 Å². The summed E-state index contributed by atoms with van der Waals surface area (Å²) in [6.45, 7) is 8.67. The van der Waals surface area contributed by atoms with Gasteiger partial charge in [0.05, 0.1) is 23.6 Å². The summed E-state index contributed by atoms with van der Waals surface area (Å²) in [6.07, 6.45) is 4.72. The van der Waals surface area contributed by atoms with Gasteiger partial charge in [-0.05, 0) is 52.6 Å². The van der Waals surface area contributed by atoms with E-state index in [0.717, 1.165) is 49.6 Å². The molecule has 148 valence electrons. The summed E-state index contributed by atoms with van der Waals surface area (Å²) in [5.41, 5.74) is 2.65. The Morgan fingerprint density at radius 3 is 2.63 bits per heavy atom. The number of aliphatic hydroxyl groups is 1. The molecule has 1 saturated heterocycles. The van der Waals surface area contributed by atoms with Crippen LogP contribution < -0.4 is 5.32 Å². The maximum atomic E-state index is 12.5. The number of imidazole rings is 1. The molecule has 0 aliphatic carbocycles. The Bertz CT molecular complexity index is 788. The van der Waals surface area contributed by atoms with Crippen LogP contribution in [0.3, 0.4) is 0 Å². The first-order valence-corrected chi connectivity index (χ1v) is 9.62. The maximum absolute atomic E-state index is 12.5. The van der Waals surface area contributed by atoms with E-state index in [0.29, 0.717) is 12.4 Å². The number of nitrogens with one attached hydrogen (secondary N) is 1. The Labute approximate surface area is 160 Å². The Morgan fingerprint density at radius 2 is 2.07 bits per heavy atom. The molecule has 1 unspecified atom stereocenters. The summed E-state index contributed by atoms with van der Waals surface area (Å²) in [5, 5.41) is 18.0. The molecule has 0 radical (unpaired) electrons. The third-order valence-electron chi connectivity index (χ3n) is 5.51. The highest BCUT2D eigenvalue weighted by Gasteiger charge is 2.29. The lowest BCUT2D eigenvalue weighted by molar-refractivity contribution is -0.117. The molecule has 3 rings (SSSR count). The number of likely N-dealkylation sites (tertiary alicyclic amines) is 1. The van der Waals surface area contributed by atoms with Crippen LogP contribution in [-0.4, -0.2) is 54.9 Å². The second-order valence-electron chi connectivity index (χ2n) is 7.36. The van der Waals surface area contributed by atoms with E-state index in [4.69, 9.17) is 0 Å². The number of aryl methyl sites for hydroxylation is 3. The van der Waals surface area contributed by atoms with Gasteiger partial charge in [-0.1, -0.05) is 0 Å². The standard InChI is InChI=1S/C19H30N6O2/c1-5-25-14(3)17(13(2)22-25)21-16(26)12-24-9-6-15(7-10-24)18(27)19-20-8-11-23(19)4/h8,11,15,18,27H,5-7,9-10,12H2,1-4H3,(H,21,26). The van der Waals surface area contributed by atoms with Gasteiger partial charge in [0.1, 0.15) is 11.9 Å². The van der Waals surface area contributed by atoms with Crippen molar-refractivity contribution < 1.29 is 9.90 Å². The molecule has 8 nitrogen and oxygen atoms in total. The molecule has 1 atom stereocenters. The molecule has 2 aromatic rings. The van der Waals surface area contributed by atoms with Gasteiger partial charge in [-0.25, -0.2) is 4.98 Å².